The van der Waals surface area contributed by atoms with E-state index in [1.807, 2.05) is 24.3 Å². The van der Waals surface area contributed by atoms with Crippen molar-refractivity contribution in [2.24, 2.45) is 0 Å². The summed E-state index contributed by atoms with van der Waals surface area (Å²) >= 11 is 1.43. The summed E-state index contributed by atoms with van der Waals surface area (Å²) in [6.07, 6.45) is 0. The first-order chi connectivity index (χ1) is 15.4. The van der Waals surface area contributed by atoms with E-state index in [-0.39, 0.29) is 6.61 Å². The normalized spacial score (nSPS) is 17.6. The van der Waals surface area contributed by atoms with Crippen molar-refractivity contribution in [3.63, 3.8) is 0 Å². The quantitative estimate of drug-likeness (QED) is 0.292. The largest absolute Gasteiger partial charge is 0.484 e. The minimum absolute atomic E-state index is 0.330. The van der Waals surface area contributed by atoms with Crippen LogP contribution in [0.5, 0.6) is 5.75 Å². The molecule has 12 heteroatoms. The number of hydrogen-bond acceptors (Lipinski definition) is 9. The zero-order valence-electron chi connectivity index (χ0n) is 16.2. The number of benzene rings is 2. The number of thiazole rings is 1. The van der Waals surface area contributed by atoms with Gasteiger partial charge in [0, 0.05) is 0 Å². The number of aliphatic carboxylic acids is 1. The van der Waals surface area contributed by atoms with Crippen LogP contribution < -0.4 is 10.1 Å². The third-order valence-corrected chi connectivity index (χ3v) is 8.38. The molecule has 0 radical (unpaired) electrons. The van der Waals surface area contributed by atoms with Crippen molar-refractivity contribution in [3.8, 4) is 5.75 Å². The second-order valence-electron chi connectivity index (χ2n) is 6.48. The molecule has 1 aliphatic heterocycles. The van der Waals surface area contributed by atoms with Gasteiger partial charge in [0.15, 0.2) is 10.9 Å². The van der Waals surface area contributed by atoms with Crippen LogP contribution in [0.2, 0.25) is 0 Å². The van der Waals surface area contributed by atoms with Crippen LogP contribution in [0.15, 0.2) is 58.9 Å². The van der Waals surface area contributed by atoms with Gasteiger partial charge in [-0.15, -0.1) is 11.3 Å². The van der Waals surface area contributed by atoms with Crippen LogP contribution in [0.1, 0.15) is 0 Å². The number of para-hydroxylation sites is 2. The van der Waals surface area contributed by atoms with Crippen molar-refractivity contribution in [2.75, 3.05) is 6.61 Å². The van der Waals surface area contributed by atoms with Crippen molar-refractivity contribution >= 4 is 66.8 Å². The number of fused-ring (bicyclic) bond motifs is 1. The predicted molar refractivity (Wildman–Crippen MR) is 120 cm³/mol. The van der Waals surface area contributed by atoms with Crippen molar-refractivity contribution in [1.82, 2.24) is 15.2 Å². The van der Waals surface area contributed by atoms with E-state index < -0.39 is 35.1 Å². The zero-order chi connectivity index (χ0) is 22.7. The van der Waals surface area contributed by atoms with Crippen molar-refractivity contribution in [3.05, 3.63) is 54.6 Å². The summed E-state index contributed by atoms with van der Waals surface area (Å²) in [5, 5.41) is 10.7. The molecule has 1 aliphatic rings. The molecular formula is C20H15N3O6S3. The summed E-state index contributed by atoms with van der Waals surface area (Å²) in [7, 11) is 2.29. The van der Waals surface area contributed by atoms with Crippen molar-refractivity contribution < 1.29 is 29.0 Å². The number of nitrogens with zero attached hydrogens (tertiary/aromatic N) is 2. The lowest BCUT2D eigenvalue weighted by atomic mass is 10.1. The predicted octanol–water partition coefficient (Wildman–Crippen LogP) is 2.38. The molecule has 32 heavy (non-hydrogen) atoms. The Hall–Kier alpha value is -3.09. The van der Waals surface area contributed by atoms with Gasteiger partial charge in [0.1, 0.15) is 17.2 Å². The Morgan fingerprint density at radius 3 is 2.56 bits per heavy atom. The highest BCUT2D eigenvalue weighted by molar-refractivity contribution is 8.77. The van der Waals surface area contributed by atoms with E-state index in [4.69, 9.17) is 9.84 Å². The first-order valence-electron chi connectivity index (χ1n) is 9.20. The Kier molecular flexibility index (Phi) is 6.63. The molecule has 2 heterocycles. The maximum absolute atomic E-state index is 12.4. The van der Waals surface area contributed by atoms with E-state index in [0.29, 0.717) is 15.0 Å². The molecule has 2 aromatic carbocycles. The SMILES string of the molecule is O=C(COc1ccccc1)N[C@@H]1C(=O)N(C(=O)C(=O)O)[C@@H]1SSc1nc2ccccc2s1. The van der Waals surface area contributed by atoms with Crippen LogP contribution in [0, 0.1) is 0 Å². The molecule has 1 fully saturated rings. The van der Waals surface area contributed by atoms with Crippen LogP contribution in [0.3, 0.4) is 0 Å². The fourth-order valence-electron chi connectivity index (χ4n) is 2.87. The highest BCUT2D eigenvalue weighted by Crippen LogP contribution is 2.44. The Morgan fingerprint density at radius 1 is 1.12 bits per heavy atom. The number of rotatable bonds is 7. The van der Waals surface area contributed by atoms with Gasteiger partial charge in [-0.25, -0.2) is 9.78 Å². The number of amides is 3. The molecule has 0 aliphatic carbocycles. The number of nitrogens with one attached hydrogen (secondary N) is 1. The Labute approximate surface area is 193 Å². The Balaban J connectivity index is 1.42. The van der Waals surface area contributed by atoms with Crippen molar-refractivity contribution in [1.29, 1.82) is 0 Å². The summed E-state index contributed by atoms with van der Waals surface area (Å²) in [4.78, 5) is 52.9. The van der Waals surface area contributed by atoms with E-state index >= 15 is 0 Å². The number of hydrogen-bond donors (Lipinski definition) is 2. The molecule has 4 rings (SSSR count). The number of imide groups is 1. The lowest BCUT2D eigenvalue weighted by Gasteiger charge is -2.43. The van der Waals surface area contributed by atoms with Crippen LogP contribution in [0.4, 0.5) is 0 Å². The van der Waals surface area contributed by atoms with Gasteiger partial charge in [0.05, 0.1) is 10.2 Å². The molecule has 0 unspecified atom stereocenters. The average Bonchev–Trinajstić information content (AvgIpc) is 3.22. The highest BCUT2D eigenvalue weighted by Gasteiger charge is 2.53. The number of carboxylic acids is 1. The standard InChI is InChI=1S/C20H15N3O6S3/c24-14(10-29-11-6-2-1-3-7-11)22-15-16(25)23(17(26)19(27)28)18(15)31-32-20-21-12-8-4-5-9-13(12)30-20/h1-9,15,18H,10H2,(H,22,24)(H,27,28)/t15-,18-/m1/s1. The van der Waals surface area contributed by atoms with Crippen LogP contribution in [-0.4, -0.2) is 56.7 Å². The minimum Gasteiger partial charge on any atom is -0.484 e. The van der Waals surface area contributed by atoms with E-state index in [1.54, 1.807) is 30.3 Å². The minimum atomic E-state index is -1.74. The topological polar surface area (TPSA) is 126 Å². The second-order valence-corrected chi connectivity index (χ2v) is 10.1. The summed E-state index contributed by atoms with van der Waals surface area (Å²) in [5.41, 5.74) is 0.812. The summed E-state index contributed by atoms with van der Waals surface area (Å²) in [5.74, 6) is -3.95. The van der Waals surface area contributed by atoms with Gasteiger partial charge in [-0.3, -0.25) is 19.3 Å². The Bertz CT molecular complexity index is 1150. The number of carboxylic acid groups (broad SMARTS) is 1. The molecule has 3 amide bonds. The summed E-state index contributed by atoms with van der Waals surface area (Å²) in [6.45, 7) is -0.330. The first-order valence-corrected chi connectivity index (χ1v) is 12.2. The maximum Gasteiger partial charge on any atom is 0.395 e. The molecule has 1 aromatic heterocycles. The van der Waals surface area contributed by atoms with Gasteiger partial charge in [-0.1, -0.05) is 41.1 Å². The number of aromatic nitrogens is 1. The second kappa shape index (κ2) is 9.59. The third-order valence-electron chi connectivity index (χ3n) is 4.37. The zero-order valence-corrected chi connectivity index (χ0v) is 18.6. The summed E-state index contributed by atoms with van der Waals surface area (Å²) in [6, 6.07) is 15.2. The molecular weight excluding hydrogens is 474 g/mol. The van der Waals surface area contributed by atoms with Gasteiger partial charge in [-0.2, -0.15) is 0 Å². The molecule has 2 atom stereocenters. The Morgan fingerprint density at radius 2 is 1.84 bits per heavy atom. The number of likely N-dealkylation sites (tertiary alicyclic amines) is 1. The molecule has 1 saturated heterocycles. The number of ether oxygens (including phenoxy) is 1. The van der Waals surface area contributed by atoms with Crippen molar-refractivity contribution in [2.45, 2.75) is 15.8 Å². The van der Waals surface area contributed by atoms with Gasteiger partial charge < -0.3 is 15.2 Å². The fourth-order valence-corrected chi connectivity index (χ4v) is 6.78. The van der Waals surface area contributed by atoms with Gasteiger partial charge >= 0.3 is 11.9 Å². The molecule has 2 N–H and O–H groups in total. The van der Waals surface area contributed by atoms with Crippen LogP contribution in [0.25, 0.3) is 10.2 Å². The van der Waals surface area contributed by atoms with E-state index in [1.165, 1.54) is 22.1 Å². The lowest BCUT2D eigenvalue weighted by molar-refractivity contribution is -0.168. The molecule has 0 saturated carbocycles. The van der Waals surface area contributed by atoms with E-state index in [9.17, 15) is 19.2 Å². The van der Waals surface area contributed by atoms with Gasteiger partial charge in [0.2, 0.25) is 0 Å². The molecule has 9 nitrogen and oxygen atoms in total. The van der Waals surface area contributed by atoms with Crippen LogP contribution in [-0.2, 0) is 19.2 Å². The van der Waals surface area contributed by atoms with Crippen LogP contribution >= 0.6 is 32.9 Å². The molecule has 3 aromatic rings. The van der Waals surface area contributed by atoms with Gasteiger partial charge in [0.25, 0.3) is 11.8 Å². The van der Waals surface area contributed by atoms with Gasteiger partial charge in [-0.05, 0) is 35.1 Å². The fraction of sp³-hybridized carbons (Fsp3) is 0.150. The third kappa shape index (κ3) is 4.71. The molecule has 164 valence electrons. The molecule has 0 bridgehead atoms. The highest BCUT2D eigenvalue weighted by atomic mass is 33.1. The smallest absolute Gasteiger partial charge is 0.395 e. The maximum atomic E-state index is 12.4. The molecule has 0 spiro atoms. The monoisotopic (exact) mass is 489 g/mol. The summed E-state index contributed by atoms with van der Waals surface area (Å²) < 4.78 is 7.02. The lowest BCUT2D eigenvalue weighted by Crippen LogP contribution is -2.71. The number of carbonyl (C=O) groups is 4. The first kappa shape index (κ1) is 22.1. The van der Waals surface area contributed by atoms with E-state index in [0.717, 1.165) is 21.0 Å². The number of β-lactam (4-membered cyclic amide) rings is 1. The number of carbonyl (C=O) groups excluding carboxylic acids is 3. The van der Waals surface area contributed by atoms with E-state index in [2.05, 4.69) is 10.3 Å². The average molecular weight is 490 g/mol.